The highest BCUT2D eigenvalue weighted by Gasteiger charge is 2.18. The van der Waals surface area contributed by atoms with E-state index in [-0.39, 0.29) is 5.56 Å². The van der Waals surface area contributed by atoms with E-state index in [0.29, 0.717) is 16.7 Å². The maximum atomic E-state index is 13.0. The van der Waals surface area contributed by atoms with Crippen LogP contribution in [0.3, 0.4) is 0 Å². The van der Waals surface area contributed by atoms with Gasteiger partial charge in [0.15, 0.2) is 5.58 Å². The molecule has 0 N–H and O–H groups in total. The van der Waals surface area contributed by atoms with Gasteiger partial charge in [-0.15, -0.1) is 0 Å². The second-order valence-electron chi connectivity index (χ2n) is 6.33. The Morgan fingerprint density at radius 1 is 1.04 bits per heavy atom. The zero-order chi connectivity index (χ0) is 18.3. The number of nitrogens with zero attached hydrogens (tertiary/aromatic N) is 4. The van der Waals surface area contributed by atoms with Gasteiger partial charge in [0, 0.05) is 44.5 Å². The van der Waals surface area contributed by atoms with Crippen molar-refractivity contribution < 1.29 is 4.52 Å². The van der Waals surface area contributed by atoms with Crippen LogP contribution >= 0.6 is 0 Å². The molecular formula is C20H18N4O2. The Morgan fingerprint density at radius 2 is 1.81 bits per heavy atom. The lowest BCUT2D eigenvalue weighted by Crippen LogP contribution is -2.18. The molecule has 0 amide bonds. The second kappa shape index (κ2) is 6.15. The monoisotopic (exact) mass is 346 g/mol. The lowest BCUT2D eigenvalue weighted by atomic mass is 10.1. The van der Waals surface area contributed by atoms with E-state index in [0.717, 1.165) is 22.6 Å². The van der Waals surface area contributed by atoms with E-state index in [9.17, 15) is 4.79 Å². The summed E-state index contributed by atoms with van der Waals surface area (Å²) in [5.74, 6) is 0.853. The molecule has 0 aliphatic rings. The molecule has 4 aromatic rings. The van der Waals surface area contributed by atoms with Crippen LogP contribution in [-0.4, -0.2) is 28.8 Å². The van der Waals surface area contributed by atoms with Gasteiger partial charge in [0.05, 0.1) is 5.69 Å². The van der Waals surface area contributed by atoms with E-state index in [2.05, 4.69) is 10.1 Å². The number of hydrogen-bond acceptors (Lipinski definition) is 5. The summed E-state index contributed by atoms with van der Waals surface area (Å²) in [6, 6.07) is 15.3. The molecule has 6 nitrogen and oxygen atoms in total. The van der Waals surface area contributed by atoms with Gasteiger partial charge in [0.2, 0.25) is 0 Å². The molecule has 0 atom stereocenters. The number of pyridine rings is 2. The molecule has 0 fully saturated rings. The second-order valence-corrected chi connectivity index (χ2v) is 6.33. The number of benzene rings is 1. The van der Waals surface area contributed by atoms with Crippen molar-refractivity contribution in [3.05, 3.63) is 65.1 Å². The molecule has 0 aliphatic carbocycles. The minimum Gasteiger partial charge on any atom is -0.363 e. The molecular weight excluding hydrogens is 328 g/mol. The van der Waals surface area contributed by atoms with Crippen LogP contribution in [0.5, 0.6) is 0 Å². The molecule has 0 aliphatic heterocycles. The van der Waals surface area contributed by atoms with Crippen LogP contribution in [0.1, 0.15) is 0 Å². The third kappa shape index (κ3) is 2.56. The van der Waals surface area contributed by atoms with Crippen LogP contribution in [0, 0.1) is 0 Å². The van der Waals surface area contributed by atoms with Gasteiger partial charge >= 0.3 is 0 Å². The van der Waals surface area contributed by atoms with E-state index in [4.69, 9.17) is 4.52 Å². The average Bonchev–Trinajstić information content (AvgIpc) is 3.09. The Morgan fingerprint density at radius 3 is 2.46 bits per heavy atom. The standard InChI is InChI=1S/C20H18N4O2/c1-23(2)17-10-9-14(12-21-17)15-11-16-18(20(25)24(15)3)19(22-26-16)13-7-5-4-6-8-13/h4-12H,1-3H3. The van der Waals surface area contributed by atoms with E-state index in [1.54, 1.807) is 17.8 Å². The molecule has 4 rings (SSSR count). The molecule has 3 heterocycles. The molecule has 3 aromatic heterocycles. The fourth-order valence-corrected chi connectivity index (χ4v) is 2.98. The normalized spacial score (nSPS) is 11.0. The van der Waals surface area contributed by atoms with Crippen LogP contribution < -0.4 is 10.5 Å². The van der Waals surface area contributed by atoms with Crippen molar-refractivity contribution in [2.75, 3.05) is 19.0 Å². The summed E-state index contributed by atoms with van der Waals surface area (Å²) in [6.07, 6.45) is 1.75. The van der Waals surface area contributed by atoms with Crippen molar-refractivity contribution in [3.8, 4) is 22.5 Å². The summed E-state index contributed by atoms with van der Waals surface area (Å²) in [4.78, 5) is 19.3. The van der Waals surface area contributed by atoms with Gasteiger partial charge in [0.1, 0.15) is 16.9 Å². The summed E-state index contributed by atoms with van der Waals surface area (Å²) in [7, 11) is 5.62. The fourth-order valence-electron chi connectivity index (χ4n) is 2.98. The Balaban J connectivity index is 1.89. The highest BCUT2D eigenvalue weighted by atomic mass is 16.5. The quantitative estimate of drug-likeness (QED) is 0.569. The molecule has 0 saturated carbocycles. The predicted octanol–water partition coefficient (Wildman–Crippen LogP) is 3.32. The van der Waals surface area contributed by atoms with Crippen molar-refractivity contribution in [1.82, 2.24) is 14.7 Å². The van der Waals surface area contributed by atoms with Gasteiger partial charge in [-0.1, -0.05) is 35.5 Å². The van der Waals surface area contributed by atoms with E-state index >= 15 is 0 Å². The minimum atomic E-state index is -0.144. The zero-order valence-corrected chi connectivity index (χ0v) is 14.8. The first-order valence-corrected chi connectivity index (χ1v) is 8.25. The van der Waals surface area contributed by atoms with Gasteiger partial charge in [-0.2, -0.15) is 0 Å². The highest BCUT2D eigenvalue weighted by Crippen LogP contribution is 2.28. The van der Waals surface area contributed by atoms with Crippen LogP contribution in [-0.2, 0) is 7.05 Å². The Bertz CT molecular complexity index is 1130. The van der Waals surface area contributed by atoms with E-state index in [1.165, 1.54) is 0 Å². The Hall–Kier alpha value is -3.41. The van der Waals surface area contributed by atoms with Gasteiger partial charge in [-0.3, -0.25) is 4.79 Å². The van der Waals surface area contributed by atoms with E-state index in [1.807, 2.05) is 67.5 Å². The maximum absolute atomic E-state index is 13.0. The number of rotatable bonds is 3. The number of fused-ring (bicyclic) bond motifs is 1. The smallest absolute Gasteiger partial charge is 0.264 e. The summed E-state index contributed by atoms with van der Waals surface area (Å²) in [6.45, 7) is 0. The third-order valence-corrected chi connectivity index (χ3v) is 4.42. The molecule has 0 spiro atoms. The van der Waals surface area contributed by atoms with Gasteiger partial charge in [-0.05, 0) is 12.1 Å². The number of hydrogen-bond donors (Lipinski definition) is 0. The maximum Gasteiger partial charge on any atom is 0.264 e. The summed E-state index contributed by atoms with van der Waals surface area (Å²) >= 11 is 0. The number of anilines is 1. The highest BCUT2D eigenvalue weighted by molar-refractivity contribution is 5.92. The van der Waals surface area contributed by atoms with Gasteiger partial charge < -0.3 is 14.0 Å². The van der Waals surface area contributed by atoms with Gasteiger partial charge in [0.25, 0.3) is 5.56 Å². The minimum absolute atomic E-state index is 0.144. The first-order chi connectivity index (χ1) is 12.6. The molecule has 130 valence electrons. The molecule has 6 heteroatoms. The van der Waals surface area contributed by atoms with Crippen LogP contribution in [0.25, 0.3) is 33.5 Å². The van der Waals surface area contributed by atoms with Crippen molar-refractivity contribution in [3.63, 3.8) is 0 Å². The number of aromatic nitrogens is 3. The van der Waals surface area contributed by atoms with Gasteiger partial charge in [-0.25, -0.2) is 4.98 Å². The fraction of sp³-hybridized carbons (Fsp3) is 0.150. The summed E-state index contributed by atoms with van der Waals surface area (Å²) in [5, 5.41) is 4.62. The lowest BCUT2D eigenvalue weighted by molar-refractivity contribution is 0.459. The summed E-state index contributed by atoms with van der Waals surface area (Å²) < 4.78 is 7.08. The molecule has 0 unspecified atom stereocenters. The van der Waals surface area contributed by atoms with E-state index < -0.39 is 0 Å². The molecule has 0 radical (unpaired) electrons. The van der Waals surface area contributed by atoms with Crippen molar-refractivity contribution in [2.45, 2.75) is 0 Å². The van der Waals surface area contributed by atoms with Crippen molar-refractivity contribution in [2.24, 2.45) is 7.05 Å². The largest absolute Gasteiger partial charge is 0.363 e. The topological polar surface area (TPSA) is 64.2 Å². The van der Waals surface area contributed by atoms with Crippen LogP contribution in [0.15, 0.2) is 64.0 Å². The first-order valence-electron chi connectivity index (χ1n) is 8.25. The van der Waals surface area contributed by atoms with Crippen molar-refractivity contribution in [1.29, 1.82) is 0 Å². The first kappa shape index (κ1) is 16.1. The van der Waals surface area contributed by atoms with Crippen LogP contribution in [0.4, 0.5) is 5.82 Å². The van der Waals surface area contributed by atoms with Crippen LogP contribution in [0.2, 0.25) is 0 Å². The summed E-state index contributed by atoms with van der Waals surface area (Å²) in [5.41, 5.74) is 3.32. The third-order valence-electron chi connectivity index (χ3n) is 4.42. The average molecular weight is 346 g/mol. The zero-order valence-electron chi connectivity index (χ0n) is 14.8. The molecule has 0 bridgehead atoms. The predicted molar refractivity (Wildman–Crippen MR) is 102 cm³/mol. The SMILES string of the molecule is CN(C)c1ccc(-c2cc3onc(-c4ccccc4)c3c(=O)n2C)cn1. The molecule has 26 heavy (non-hydrogen) atoms. The Labute approximate surface area is 150 Å². The Kier molecular flexibility index (Phi) is 3.80. The molecule has 0 saturated heterocycles. The lowest BCUT2D eigenvalue weighted by Gasteiger charge is -2.12. The molecule has 1 aromatic carbocycles. The van der Waals surface area contributed by atoms with Crippen molar-refractivity contribution >= 4 is 16.8 Å².